The first-order chi connectivity index (χ1) is 10.6. The van der Waals surface area contributed by atoms with Gasteiger partial charge in [-0.1, -0.05) is 20.8 Å². The second-order valence-corrected chi connectivity index (χ2v) is 6.79. The molecule has 0 bridgehead atoms. The number of rotatable bonds is 3. The molecule has 1 aliphatic heterocycles. The average Bonchev–Trinajstić information content (AvgIpc) is 2.41. The van der Waals surface area contributed by atoms with Crippen molar-refractivity contribution in [2.45, 2.75) is 33.2 Å². The Labute approximate surface area is 133 Å². The van der Waals surface area contributed by atoms with Crippen LogP contribution in [0.15, 0.2) is 18.2 Å². The highest BCUT2D eigenvalue weighted by molar-refractivity contribution is 5.33. The molecule has 0 unspecified atom stereocenters. The van der Waals surface area contributed by atoms with Crippen LogP contribution in [-0.2, 0) is 0 Å². The maximum Gasteiger partial charge on any atom is 0.573 e. The normalized spacial score (nSPS) is 18.7. The van der Waals surface area contributed by atoms with Gasteiger partial charge in [0, 0.05) is 37.8 Å². The Morgan fingerprint density at radius 1 is 1.13 bits per heavy atom. The molecule has 1 heterocycles. The number of nitrogens with zero attached hydrogens (tertiary/aromatic N) is 1. The van der Waals surface area contributed by atoms with Crippen LogP contribution in [0.2, 0.25) is 0 Å². The van der Waals surface area contributed by atoms with Crippen LogP contribution in [0.25, 0.3) is 0 Å². The minimum Gasteiger partial charge on any atom is -0.406 e. The summed E-state index contributed by atoms with van der Waals surface area (Å²) in [6.45, 7) is 8.83. The summed E-state index contributed by atoms with van der Waals surface area (Å²) in [5, 5.41) is 3.22. The molecule has 1 aromatic rings. The molecule has 1 N–H and O–H groups in total. The van der Waals surface area contributed by atoms with Crippen molar-refractivity contribution < 1.29 is 22.3 Å². The number of hydrogen-bond acceptors (Lipinski definition) is 3. The van der Waals surface area contributed by atoms with Crippen LogP contribution in [0, 0.1) is 11.2 Å². The number of nitrogens with one attached hydrogen (secondary N) is 1. The zero-order chi connectivity index (χ0) is 17.3. The fourth-order valence-corrected chi connectivity index (χ4v) is 3.08. The van der Waals surface area contributed by atoms with Crippen LogP contribution in [0.1, 0.15) is 32.4 Å². The Hall–Kier alpha value is -1.34. The van der Waals surface area contributed by atoms with Crippen LogP contribution >= 0.6 is 0 Å². The molecule has 1 fully saturated rings. The second-order valence-electron chi connectivity index (χ2n) is 6.79. The highest BCUT2D eigenvalue weighted by atomic mass is 19.4. The lowest BCUT2D eigenvalue weighted by Gasteiger charge is -2.42. The van der Waals surface area contributed by atoms with Crippen molar-refractivity contribution in [1.29, 1.82) is 0 Å². The van der Waals surface area contributed by atoms with Gasteiger partial charge in [-0.3, -0.25) is 4.90 Å². The van der Waals surface area contributed by atoms with Gasteiger partial charge in [-0.25, -0.2) is 4.39 Å². The molecule has 7 heteroatoms. The number of halogens is 4. The topological polar surface area (TPSA) is 24.5 Å². The summed E-state index contributed by atoms with van der Waals surface area (Å²) in [5.41, 5.74) is -0.101. The smallest absolute Gasteiger partial charge is 0.406 e. The SMILES string of the molecule is CC(C)(C)[C@H](c1cc(OC(F)(F)F)ccc1F)N1CCNCC1. The summed E-state index contributed by atoms with van der Waals surface area (Å²) in [6, 6.07) is 2.88. The highest BCUT2D eigenvalue weighted by Crippen LogP contribution is 2.40. The van der Waals surface area contributed by atoms with E-state index in [0.29, 0.717) is 13.1 Å². The van der Waals surface area contributed by atoms with Gasteiger partial charge in [0.15, 0.2) is 0 Å². The van der Waals surface area contributed by atoms with Crippen LogP contribution in [0.5, 0.6) is 5.75 Å². The monoisotopic (exact) mass is 334 g/mol. The summed E-state index contributed by atoms with van der Waals surface area (Å²) in [5.74, 6) is -0.906. The molecule has 0 aliphatic carbocycles. The molecular formula is C16H22F4N2O. The molecule has 0 amide bonds. The quantitative estimate of drug-likeness (QED) is 0.853. The minimum absolute atomic E-state index is 0.237. The summed E-state index contributed by atoms with van der Waals surface area (Å²) in [7, 11) is 0. The molecule has 0 spiro atoms. The predicted molar refractivity (Wildman–Crippen MR) is 79.7 cm³/mol. The van der Waals surface area contributed by atoms with Gasteiger partial charge in [0.25, 0.3) is 0 Å². The van der Waals surface area contributed by atoms with E-state index in [1.165, 1.54) is 6.07 Å². The van der Waals surface area contributed by atoms with E-state index in [2.05, 4.69) is 15.0 Å². The van der Waals surface area contributed by atoms with Crippen LogP contribution in [-0.4, -0.2) is 37.4 Å². The maximum atomic E-state index is 14.4. The first-order valence-electron chi connectivity index (χ1n) is 7.58. The lowest BCUT2D eigenvalue weighted by molar-refractivity contribution is -0.274. The fourth-order valence-electron chi connectivity index (χ4n) is 3.08. The predicted octanol–water partition coefficient (Wildman–Crippen LogP) is 3.72. The van der Waals surface area contributed by atoms with Gasteiger partial charge in [-0.15, -0.1) is 13.2 Å². The van der Waals surface area contributed by atoms with Crippen molar-refractivity contribution in [3.63, 3.8) is 0 Å². The lowest BCUT2D eigenvalue weighted by atomic mass is 9.80. The van der Waals surface area contributed by atoms with Crippen molar-refractivity contribution in [1.82, 2.24) is 10.2 Å². The number of hydrogen-bond donors (Lipinski definition) is 1. The standard InChI is InChI=1S/C16H22F4N2O/c1-15(2,3)14(22-8-6-21-7-9-22)12-10-11(4-5-13(12)17)23-16(18,19)20/h4-5,10,14,21H,6-9H2,1-3H3/t14-/m0/s1. The summed E-state index contributed by atoms with van der Waals surface area (Å²) in [6.07, 6.45) is -4.79. The van der Waals surface area contributed by atoms with Crippen molar-refractivity contribution in [2.24, 2.45) is 5.41 Å². The van der Waals surface area contributed by atoms with E-state index < -0.39 is 17.9 Å². The van der Waals surface area contributed by atoms with Crippen molar-refractivity contribution in [3.05, 3.63) is 29.6 Å². The van der Waals surface area contributed by atoms with E-state index in [-0.39, 0.29) is 17.0 Å². The Morgan fingerprint density at radius 3 is 2.26 bits per heavy atom. The lowest BCUT2D eigenvalue weighted by Crippen LogP contribution is -2.48. The molecule has 0 radical (unpaired) electrons. The number of ether oxygens (including phenoxy) is 1. The molecule has 130 valence electrons. The van der Waals surface area contributed by atoms with Crippen molar-refractivity contribution in [3.8, 4) is 5.75 Å². The van der Waals surface area contributed by atoms with Crippen molar-refractivity contribution in [2.75, 3.05) is 26.2 Å². The summed E-state index contributed by atoms with van der Waals surface area (Å²) >= 11 is 0. The zero-order valence-electron chi connectivity index (χ0n) is 13.5. The third-order valence-electron chi connectivity index (χ3n) is 3.83. The third kappa shape index (κ3) is 4.81. The van der Waals surface area contributed by atoms with E-state index in [9.17, 15) is 17.6 Å². The zero-order valence-corrected chi connectivity index (χ0v) is 13.5. The highest BCUT2D eigenvalue weighted by Gasteiger charge is 2.36. The molecule has 2 rings (SSSR count). The number of piperazine rings is 1. The molecule has 23 heavy (non-hydrogen) atoms. The average molecular weight is 334 g/mol. The third-order valence-corrected chi connectivity index (χ3v) is 3.83. The van der Waals surface area contributed by atoms with E-state index in [4.69, 9.17) is 0 Å². The van der Waals surface area contributed by atoms with Crippen LogP contribution in [0.4, 0.5) is 17.6 Å². The summed E-state index contributed by atoms with van der Waals surface area (Å²) < 4.78 is 55.6. The van der Waals surface area contributed by atoms with Crippen LogP contribution in [0.3, 0.4) is 0 Å². The molecule has 3 nitrogen and oxygen atoms in total. The van der Waals surface area contributed by atoms with E-state index in [0.717, 1.165) is 25.2 Å². The Bertz CT molecular complexity index is 534. The van der Waals surface area contributed by atoms with Gasteiger partial charge < -0.3 is 10.1 Å². The van der Waals surface area contributed by atoms with Gasteiger partial charge in [-0.05, 0) is 23.6 Å². The van der Waals surface area contributed by atoms with Gasteiger partial charge >= 0.3 is 6.36 Å². The first kappa shape index (κ1) is 18.0. The Morgan fingerprint density at radius 2 is 1.74 bits per heavy atom. The molecule has 0 saturated carbocycles. The maximum absolute atomic E-state index is 14.4. The molecule has 0 aromatic heterocycles. The molecule has 1 aliphatic rings. The van der Waals surface area contributed by atoms with E-state index in [1.807, 2.05) is 20.8 Å². The van der Waals surface area contributed by atoms with E-state index in [1.54, 1.807) is 0 Å². The van der Waals surface area contributed by atoms with Gasteiger partial charge in [-0.2, -0.15) is 0 Å². The number of alkyl halides is 3. The minimum atomic E-state index is -4.79. The van der Waals surface area contributed by atoms with Crippen molar-refractivity contribution >= 4 is 0 Å². The summed E-state index contributed by atoms with van der Waals surface area (Å²) in [4.78, 5) is 2.10. The van der Waals surface area contributed by atoms with Gasteiger partial charge in [0.05, 0.1) is 0 Å². The second kappa shape index (κ2) is 6.65. The fraction of sp³-hybridized carbons (Fsp3) is 0.625. The number of benzene rings is 1. The van der Waals surface area contributed by atoms with Gasteiger partial charge in [0.2, 0.25) is 0 Å². The van der Waals surface area contributed by atoms with Gasteiger partial charge in [0.1, 0.15) is 11.6 Å². The molecule has 1 saturated heterocycles. The largest absolute Gasteiger partial charge is 0.573 e. The van der Waals surface area contributed by atoms with Crippen LogP contribution < -0.4 is 10.1 Å². The Balaban J connectivity index is 2.39. The molecule has 1 aromatic carbocycles. The molecule has 1 atom stereocenters. The first-order valence-corrected chi connectivity index (χ1v) is 7.58. The molecular weight excluding hydrogens is 312 g/mol. The van der Waals surface area contributed by atoms with E-state index >= 15 is 0 Å². The Kier molecular flexibility index (Phi) is 5.20.